The van der Waals surface area contributed by atoms with Crippen LogP contribution in [0.15, 0.2) is 0 Å². The lowest BCUT2D eigenvalue weighted by Gasteiger charge is -2.45. The second-order valence-electron chi connectivity index (χ2n) is 8.53. The summed E-state index contributed by atoms with van der Waals surface area (Å²) in [6.07, 6.45) is 2.93. The van der Waals surface area contributed by atoms with E-state index in [4.69, 9.17) is 4.43 Å². The first-order chi connectivity index (χ1) is 9.30. The fraction of sp³-hybridized carbons (Fsp3) is 1.00. The van der Waals surface area contributed by atoms with E-state index < -0.39 is 8.32 Å². The van der Waals surface area contributed by atoms with Crippen molar-refractivity contribution < 1.29 is 9.53 Å². The molecule has 1 N–H and O–H groups in total. The van der Waals surface area contributed by atoms with Crippen molar-refractivity contribution >= 4 is 8.32 Å². The Morgan fingerprint density at radius 2 is 1.40 bits per heavy atom. The highest BCUT2D eigenvalue weighted by Crippen LogP contribution is 2.65. The maximum atomic E-state index is 10.4. The summed E-state index contributed by atoms with van der Waals surface area (Å²) in [7, 11) is -1.79. The van der Waals surface area contributed by atoms with E-state index in [1.54, 1.807) is 0 Å². The van der Waals surface area contributed by atoms with Crippen LogP contribution < -0.4 is 0 Å². The Hall–Kier alpha value is 0.137. The van der Waals surface area contributed by atoms with Crippen LogP contribution in [0.3, 0.4) is 0 Å². The Kier molecular flexibility index (Phi) is 3.63. The first-order valence-corrected chi connectivity index (χ1v) is 10.8. The fourth-order valence-electron chi connectivity index (χ4n) is 6.35. The predicted molar refractivity (Wildman–Crippen MR) is 85.1 cm³/mol. The average molecular weight is 297 g/mol. The molecule has 6 atom stereocenters. The van der Waals surface area contributed by atoms with Gasteiger partial charge < -0.3 is 9.53 Å². The molecule has 0 saturated heterocycles. The van der Waals surface area contributed by atoms with E-state index in [-0.39, 0.29) is 6.10 Å². The summed E-state index contributed by atoms with van der Waals surface area (Å²) in [5, 5.41) is 10.4. The zero-order valence-corrected chi connectivity index (χ0v) is 15.0. The zero-order chi connectivity index (χ0) is 14.8. The Morgan fingerprint density at radius 1 is 0.900 bits per heavy atom. The van der Waals surface area contributed by atoms with E-state index in [9.17, 15) is 5.11 Å². The van der Waals surface area contributed by atoms with Crippen molar-refractivity contribution in [2.75, 3.05) is 0 Å². The lowest BCUT2D eigenvalue weighted by Crippen LogP contribution is -2.51. The molecule has 4 saturated carbocycles. The van der Waals surface area contributed by atoms with Gasteiger partial charge in [-0.05, 0) is 47.2 Å². The standard InChI is InChI=1S/C17H32O2Si/c1-9(2)20(10(3)4,11(5)6)19-17-14-8-12-7-13(14)16(18)15(12)17/h9-18H,7-8H2,1-6H3/t12-,13+,14-,15+,16-,17-/m0/s1. The molecule has 4 bridgehead atoms. The molecule has 0 aromatic rings. The largest absolute Gasteiger partial charge is 0.412 e. The first-order valence-electron chi connectivity index (χ1n) is 8.66. The van der Waals surface area contributed by atoms with Crippen molar-refractivity contribution in [2.45, 2.75) is 83.2 Å². The van der Waals surface area contributed by atoms with E-state index in [1.165, 1.54) is 12.8 Å². The van der Waals surface area contributed by atoms with Gasteiger partial charge in [0.15, 0.2) is 0 Å². The average Bonchev–Trinajstić information content (AvgIpc) is 3.02. The van der Waals surface area contributed by atoms with Gasteiger partial charge in [-0.25, -0.2) is 0 Å². The maximum absolute atomic E-state index is 10.4. The Bertz CT molecular complexity index is 355. The van der Waals surface area contributed by atoms with E-state index in [0.29, 0.717) is 40.5 Å². The molecule has 4 aliphatic carbocycles. The van der Waals surface area contributed by atoms with Gasteiger partial charge in [-0.1, -0.05) is 41.5 Å². The Morgan fingerprint density at radius 3 is 1.75 bits per heavy atom. The minimum absolute atomic E-state index is 0.0538. The molecule has 2 nitrogen and oxygen atoms in total. The molecule has 0 unspecified atom stereocenters. The van der Waals surface area contributed by atoms with Gasteiger partial charge in [-0.3, -0.25) is 0 Å². The van der Waals surface area contributed by atoms with Crippen molar-refractivity contribution in [2.24, 2.45) is 23.7 Å². The van der Waals surface area contributed by atoms with Crippen LogP contribution >= 0.6 is 0 Å². The second kappa shape index (κ2) is 4.82. The van der Waals surface area contributed by atoms with Crippen LogP contribution in [-0.4, -0.2) is 25.6 Å². The SMILES string of the molecule is CC(C)[Si](O[C@H]1[C@H]2C[C@@H]3C[C@H]2[C@H](O)[C@@H]31)(C(C)C)C(C)C. The molecule has 0 aliphatic heterocycles. The van der Waals surface area contributed by atoms with E-state index in [0.717, 1.165) is 5.92 Å². The first kappa shape index (κ1) is 15.0. The third kappa shape index (κ3) is 1.75. The van der Waals surface area contributed by atoms with Gasteiger partial charge in [-0.15, -0.1) is 0 Å². The third-order valence-corrected chi connectivity index (χ3v) is 13.0. The van der Waals surface area contributed by atoms with Crippen LogP contribution in [-0.2, 0) is 4.43 Å². The minimum Gasteiger partial charge on any atom is -0.412 e. The molecule has 4 fully saturated rings. The summed E-state index contributed by atoms with van der Waals surface area (Å²) in [5.41, 5.74) is 1.95. The highest BCUT2D eigenvalue weighted by Gasteiger charge is 2.67. The van der Waals surface area contributed by atoms with Crippen molar-refractivity contribution in [3.05, 3.63) is 0 Å². The van der Waals surface area contributed by atoms with Crippen LogP contribution in [0.2, 0.25) is 16.6 Å². The van der Waals surface area contributed by atoms with Gasteiger partial charge in [0.05, 0.1) is 12.2 Å². The normalized spacial score (nSPS) is 42.9. The smallest absolute Gasteiger partial charge is 0.200 e. The highest BCUT2D eigenvalue weighted by atomic mass is 28.4. The predicted octanol–water partition coefficient (Wildman–Crippen LogP) is 4.19. The van der Waals surface area contributed by atoms with Gasteiger partial charge >= 0.3 is 0 Å². The quantitative estimate of drug-likeness (QED) is 0.771. The second-order valence-corrected chi connectivity index (χ2v) is 13.9. The van der Waals surface area contributed by atoms with Crippen LogP contribution in [0.4, 0.5) is 0 Å². The number of rotatable bonds is 5. The Balaban J connectivity index is 1.85. The number of aliphatic hydroxyl groups excluding tert-OH is 1. The third-order valence-electron chi connectivity index (χ3n) is 6.93. The molecule has 20 heavy (non-hydrogen) atoms. The van der Waals surface area contributed by atoms with Crippen LogP contribution in [0.5, 0.6) is 0 Å². The molecule has 0 amide bonds. The van der Waals surface area contributed by atoms with Gasteiger partial charge in [0.1, 0.15) is 0 Å². The molecular weight excluding hydrogens is 264 g/mol. The summed E-state index contributed by atoms with van der Waals surface area (Å²) in [6.45, 7) is 14.2. The molecule has 0 heterocycles. The number of aliphatic hydroxyl groups is 1. The number of hydrogen-bond acceptors (Lipinski definition) is 2. The van der Waals surface area contributed by atoms with Crippen molar-refractivity contribution in [1.29, 1.82) is 0 Å². The van der Waals surface area contributed by atoms with Gasteiger partial charge in [0.2, 0.25) is 8.32 Å². The van der Waals surface area contributed by atoms with Gasteiger partial charge in [-0.2, -0.15) is 0 Å². The molecule has 0 radical (unpaired) electrons. The van der Waals surface area contributed by atoms with E-state index >= 15 is 0 Å². The summed E-state index contributed by atoms with van der Waals surface area (Å²) < 4.78 is 7.02. The van der Waals surface area contributed by atoms with Gasteiger partial charge in [0.25, 0.3) is 0 Å². The molecule has 0 aromatic carbocycles. The van der Waals surface area contributed by atoms with Crippen LogP contribution in [0.1, 0.15) is 54.4 Å². The number of hydrogen-bond donors (Lipinski definition) is 1. The summed E-state index contributed by atoms with van der Waals surface area (Å²) in [6, 6.07) is 0. The molecule has 116 valence electrons. The molecule has 3 heteroatoms. The molecule has 0 spiro atoms. The topological polar surface area (TPSA) is 29.5 Å². The lowest BCUT2D eigenvalue weighted by atomic mass is 9.98. The summed E-state index contributed by atoms with van der Waals surface area (Å²) >= 11 is 0. The van der Waals surface area contributed by atoms with Crippen LogP contribution in [0, 0.1) is 23.7 Å². The highest BCUT2D eigenvalue weighted by molar-refractivity contribution is 6.77. The van der Waals surface area contributed by atoms with Crippen molar-refractivity contribution in [3.63, 3.8) is 0 Å². The maximum Gasteiger partial charge on any atom is 0.200 e. The van der Waals surface area contributed by atoms with Crippen molar-refractivity contribution in [1.82, 2.24) is 0 Å². The molecular formula is C17H32O2Si. The zero-order valence-electron chi connectivity index (χ0n) is 14.0. The van der Waals surface area contributed by atoms with E-state index in [1.807, 2.05) is 0 Å². The lowest BCUT2D eigenvalue weighted by molar-refractivity contribution is 0.0709. The summed E-state index contributed by atoms with van der Waals surface area (Å²) in [4.78, 5) is 0. The monoisotopic (exact) mass is 296 g/mol. The van der Waals surface area contributed by atoms with Crippen molar-refractivity contribution in [3.8, 4) is 0 Å². The molecule has 4 rings (SSSR count). The molecule has 4 aliphatic rings. The van der Waals surface area contributed by atoms with E-state index in [2.05, 4.69) is 41.5 Å². The fourth-order valence-corrected chi connectivity index (χ4v) is 12.0. The Labute approximate surface area is 125 Å². The van der Waals surface area contributed by atoms with Gasteiger partial charge in [0, 0.05) is 5.92 Å². The molecule has 0 aromatic heterocycles. The van der Waals surface area contributed by atoms with Crippen LogP contribution in [0.25, 0.3) is 0 Å². The summed E-state index contributed by atoms with van der Waals surface area (Å²) in [5.74, 6) is 2.47. The minimum atomic E-state index is -1.79.